The number of benzene rings is 3. The molecule has 4 rings (SSSR count). The molecule has 1 N–H and O–H groups in total. The Morgan fingerprint density at radius 1 is 1.00 bits per heavy atom. The van der Waals surface area contributed by atoms with Crippen LogP contribution >= 0.6 is 11.6 Å². The van der Waals surface area contributed by atoms with Crippen LogP contribution in [-0.4, -0.2) is 15.9 Å². The number of pyridine rings is 1. The number of nitrogens with zero attached hydrogens (tertiary/aromatic N) is 1. The molecule has 1 unspecified atom stereocenters. The molecule has 0 aliphatic heterocycles. The van der Waals surface area contributed by atoms with Gasteiger partial charge < -0.3 is 5.11 Å². The number of carbonyl (C=O) groups excluding carboxylic acids is 1. The maximum atomic E-state index is 11.8. The number of hydrogen-bond donors (Lipinski definition) is 1. The number of halogens is 1. The molecule has 0 amide bonds. The monoisotopic (exact) mass is 441 g/mol. The highest BCUT2D eigenvalue weighted by Crippen LogP contribution is 2.23. The summed E-state index contributed by atoms with van der Waals surface area (Å²) in [6.07, 6.45) is 4.52. The van der Waals surface area contributed by atoms with E-state index in [2.05, 4.69) is 4.98 Å². The summed E-state index contributed by atoms with van der Waals surface area (Å²) in [6, 6.07) is 25.1. The van der Waals surface area contributed by atoms with Crippen LogP contribution in [0.2, 0.25) is 5.02 Å². The van der Waals surface area contributed by atoms with Crippen molar-refractivity contribution in [2.75, 3.05) is 0 Å². The molecule has 4 heteroatoms. The van der Waals surface area contributed by atoms with Gasteiger partial charge in [0.25, 0.3) is 0 Å². The third-order valence-electron chi connectivity index (χ3n) is 5.50. The minimum absolute atomic E-state index is 0.0480. The highest BCUT2D eigenvalue weighted by molar-refractivity contribution is 6.31. The van der Waals surface area contributed by atoms with E-state index in [1.165, 1.54) is 0 Å². The number of aromatic nitrogens is 1. The lowest BCUT2D eigenvalue weighted by atomic mass is 9.96. The van der Waals surface area contributed by atoms with E-state index in [4.69, 9.17) is 11.6 Å². The van der Waals surface area contributed by atoms with Gasteiger partial charge >= 0.3 is 0 Å². The van der Waals surface area contributed by atoms with Crippen molar-refractivity contribution in [1.29, 1.82) is 0 Å². The molecular formula is C28H24ClNO2. The first kappa shape index (κ1) is 21.9. The quantitative estimate of drug-likeness (QED) is 0.316. The Morgan fingerprint density at radius 2 is 1.81 bits per heavy atom. The normalized spacial score (nSPS) is 12.3. The van der Waals surface area contributed by atoms with Crippen molar-refractivity contribution in [3.63, 3.8) is 0 Å². The van der Waals surface area contributed by atoms with E-state index in [-0.39, 0.29) is 5.78 Å². The average molecular weight is 442 g/mol. The van der Waals surface area contributed by atoms with Crippen molar-refractivity contribution in [3.8, 4) is 0 Å². The minimum Gasteiger partial charge on any atom is -0.388 e. The van der Waals surface area contributed by atoms with Gasteiger partial charge in [0.2, 0.25) is 0 Å². The highest BCUT2D eigenvalue weighted by Gasteiger charge is 2.11. The molecule has 1 heterocycles. The average Bonchev–Trinajstić information content (AvgIpc) is 2.81. The summed E-state index contributed by atoms with van der Waals surface area (Å²) in [5, 5.41) is 12.4. The van der Waals surface area contributed by atoms with Crippen LogP contribution in [0.25, 0.3) is 23.1 Å². The zero-order chi connectivity index (χ0) is 22.5. The molecule has 1 atom stereocenters. The predicted octanol–water partition coefficient (Wildman–Crippen LogP) is 6.93. The lowest BCUT2D eigenvalue weighted by Crippen LogP contribution is -2.04. The maximum absolute atomic E-state index is 11.8. The van der Waals surface area contributed by atoms with Crippen LogP contribution in [0.3, 0.4) is 0 Å². The van der Waals surface area contributed by atoms with E-state index in [9.17, 15) is 9.90 Å². The van der Waals surface area contributed by atoms with Gasteiger partial charge in [-0.05, 0) is 66.8 Å². The molecular weight excluding hydrogens is 418 g/mol. The van der Waals surface area contributed by atoms with Gasteiger partial charge in [-0.25, -0.2) is 4.98 Å². The zero-order valence-electron chi connectivity index (χ0n) is 17.8. The summed E-state index contributed by atoms with van der Waals surface area (Å²) in [7, 11) is 0. The van der Waals surface area contributed by atoms with Gasteiger partial charge in [0.15, 0.2) is 5.78 Å². The molecule has 4 aromatic rings. The second kappa shape index (κ2) is 9.90. The summed E-state index contributed by atoms with van der Waals surface area (Å²) >= 11 is 6.08. The van der Waals surface area contributed by atoms with E-state index < -0.39 is 6.10 Å². The van der Waals surface area contributed by atoms with Crippen LogP contribution in [0.1, 0.15) is 52.2 Å². The van der Waals surface area contributed by atoms with Crippen molar-refractivity contribution >= 4 is 40.4 Å². The second-order valence-corrected chi connectivity index (χ2v) is 8.28. The third-order valence-corrected chi connectivity index (χ3v) is 5.74. The Kier molecular flexibility index (Phi) is 6.79. The Balaban J connectivity index is 1.47. The predicted molar refractivity (Wildman–Crippen MR) is 132 cm³/mol. The Labute approximate surface area is 193 Å². The molecule has 3 nitrogen and oxygen atoms in total. The van der Waals surface area contributed by atoms with Crippen molar-refractivity contribution in [1.82, 2.24) is 4.98 Å². The minimum atomic E-state index is -0.607. The fourth-order valence-electron chi connectivity index (χ4n) is 3.79. The van der Waals surface area contributed by atoms with E-state index in [1.807, 2.05) is 91.0 Å². The lowest BCUT2D eigenvalue weighted by molar-refractivity contribution is 0.101. The molecule has 0 radical (unpaired) electrons. The van der Waals surface area contributed by atoms with Gasteiger partial charge in [-0.2, -0.15) is 0 Å². The first-order valence-electron chi connectivity index (χ1n) is 10.6. The van der Waals surface area contributed by atoms with Gasteiger partial charge in [0.1, 0.15) is 0 Å². The Morgan fingerprint density at radius 3 is 2.66 bits per heavy atom. The number of carbonyl (C=O) groups is 1. The summed E-state index contributed by atoms with van der Waals surface area (Å²) in [6.45, 7) is 1.57. The van der Waals surface area contributed by atoms with E-state index in [0.717, 1.165) is 38.9 Å². The van der Waals surface area contributed by atoms with Crippen molar-refractivity contribution in [2.24, 2.45) is 0 Å². The summed E-state index contributed by atoms with van der Waals surface area (Å²) in [4.78, 5) is 16.5. The Bertz CT molecular complexity index is 1300. The molecule has 0 aliphatic rings. The summed E-state index contributed by atoms with van der Waals surface area (Å²) in [5.74, 6) is 0.0480. The van der Waals surface area contributed by atoms with E-state index >= 15 is 0 Å². The zero-order valence-corrected chi connectivity index (χ0v) is 18.6. The third kappa shape index (κ3) is 5.31. The first-order chi connectivity index (χ1) is 15.5. The standard InChI is InChI=1S/C28H24ClNO2/c1-19(31)26-8-3-2-6-21(26)12-16-28(32)23-7-4-5-20(17-23)9-14-25-15-11-22-10-13-24(29)18-27(22)30-25/h2-11,13-15,17-18,28,32H,12,16H2,1H3. The molecule has 0 saturated carbocycles. The number of aliphatic hydroxyl groups excluding tert-OH is 1. The second-order valence-electron chi connectivity index (χ2n) is 7.84. The molecule has 0 saturated heterocycles. The fraction of sp³-hybridized carbons (Fsp3) is 0.143. The van der Waals surface area contributed by atoms with Gasteiger partial charge in [-0.1, -0.05) is 72.3 Å². The van der Waals surface area contributed by atoms with Crippen molar-refractivity contribution in [3.05, 3.63) is 112 Å². The Hall–Kier alpha value is -3.27. The number of aryl methyl sites for hydroxylation is 1. The van der Waals surface area contributed by atoms with Gasteiger partial charge in [0.05, 0.1) is 17.3 Å². The molecule has 0 aliphatic carbocycles. The topological polar surface area (TPSA) is 50.2 Å². The largest absolute Gasteiger partial charge is 0.388 e. The number of Topliss-reactive ketones (excluding diaryl/α,β-unsaturated/α-hetero) is 1. The number of rotatable bonds is 7. The molecule has 0 bridgehead atoms. The molecule has 3 aromatic carbocycles. The first-order valence-corrected chi connectivity index (χ1v) is 11.0. The molecule has 0 spiro atoms. The summed E-state index contributed by atoms with van der Waals surface area (Å²) < 4.78 is 0. The van der Waals surface area contributed by atoms with Crippen LogP contribution in [0.15, 0.2) is 78.9 Å². The van der Waals surface area contributed by atoms with Crippen LogP contribution in [-0.2, 0) is 6.42 Å². The van der Waals surface area contributed by atoms with E-state index in [1.54, 1.807) is 6.92 Å². The summed E-state index contributed by atoms with van der Waals surface area (Å²) in [5.41, 5.74) is 5.23. The van der Waals surface area contributed by atoms with Gasteiger partial charge in [0, 0.05) is 16.0 Å². The van der Waals surface area contributed by atoms with Crippen LogP contribution in [0.4, 0.5) is 0 Å². The number of ketones is 1. The van der Waals surface area contributed by atoms with Crippen LogP contribution in [0.5, 0.6) is 0 Å². The SMILES string of the molecule is CC(=O)c1ccccc1CCC(O)c1cccc(C=Cc2ccc3ccc(Cl)cc3n2)c1. The molecule has 160 valence electrons. The number of hydrogen-bond acceptors (Lipinski definition) is 3. The number of aliphatic hydroxyl groups is 1. The molecule has 0 fully saturated rings. The smallest absolute Gasteiger partial charge is 0.160 e. The highest BCUT2D eigenvalue weighted by atomic mass is 35.5. The maximum Gasteiger partial charge on any atom is 0.160 e. The van der Waals surface area contributed by atoms with E-state index in [0.29, 0.717) is 17.9 Å². The molecule has 1 aromatic heterocycles. The lowest BCUT2D eigenvalue weighted by Gasteiger charge is -2.13. The van der Waals surface area contributed by atoms with Crippen molar-refractivity contribution in [2.45, 2.75) is 25.9 Å². The fourth-order valence-corrected chi connectivity index (χ4v) is 3.96. The van der Waals surface area contributed by atoms with Crippen LogP contribution < -0.4 is 0 Å². The van der Waals surface area contributed by atoms with Crippen molar-refractivity contribution < 1.29 is 9.90 Å². The van der Waals surface area contributed by atoms with Gasteiger partial charge in [-0.3, -0.25) is 4.79 Å². The van der Waals surface area contributed by atoms with Gasteiger partial charge in [-0.15, -0.1) is 0 Å². The van der Waals surface area contributed by atoms with Crippen LogP contribution in [0, 0.1) is 0 Å². The number of fused-ring (bicyclic) bond motifs is 1. The molecule has 32 heavy (non-hydrogen) atoms.